The number of hydrogen-bond acceptors (Lipinski definition) is 6. The van der Waals surface area contributed by atoms with Crippen LogP contribution in [0.5, 0.6) is 11.5 Å². The van der Waals surface area contributed by atoms with Gasteiger partial charge in [-0.25, -0.2) is 18.7 Å². The van der Waals surface area contributed by atoms with Gasteiger partial charge in [0.2, 0.25) is 5.92 Å². The predicted octanol–water partition coefficient (Wildman–Crippen LogP) is 6.71. The van der Waals surface area contributed by atoms with E-state index in [0.717, 1.165) is 39.1 Å². The molecule has 4 heterocycles. The van der Waals surface area contributed by atoms with E-state index in [0.29, 0.717) is 35.9 Å². The lowest BCUT2D eigenvalue weighted by Gasteiger charge is -2.34. The number of fused-ring (bicyclic) bond motifs is 2. The topological polar surface area (TPSA) is 90.7 Å². The number of nitrogens with one attached hydrogen (secondary N) is 1. The average Bonchev–Trinajstić information content (AvgIpc) is 3.59. The highest BCUT2D eigenvalue weighted by atomic mass is 19.3. The first-order valence-corrected chi connectivity index (χ1v) is 13.3. The van der Waals surface area contributed by atoms with Gasteiger partial charge in [-0.05, 0) is 62.6 Å². The van der Waals surface area contributed by atoms with E-state index < -0.39 is 11.5 Å². The maximum Gasteiger partial charge on any atom is 0.248 e. The summed E-state index contributed by atoms with van der Waals surface area (Å²) in [6, 6.07) is 9.56. The van der Waals surface area contributed by atoms with Crippen LogP contribution in [-0.2, 0) is 11.3 Å². The van der Waals surface area contributed by atoms with Gasteiger partial charge in [0.25, 0.3) is 0 Å². The largest absolute Gasteiger partial charge is 0.457 e. The van der Waals surface area contributed by atoms with Crippen molar-refractivity contribution in [3.05, 3.63) is 66.4 Å². The van der Waals surface area contributed by atoms with Crippen LogP contribution in [0.15, 0.2) is 55.0 Å². The van der Waals surface area contributed by atoms with Crippen LogP contribution in [0.4, 0.5) is 8.78 Å². The summed E-state index contributed by atoms with van der Waals surface area (Å²) in [5.41, 5.74) is 5.96. The highest BCUT2D eigenvalue weighted by Crippen LogP contribution is 2.43. The Hall–Kier alpha value is -4.18. The van der Waals surface area contributed by atoms with Crippen LogP contribution in [0.3, 0.4) is 0 Å². The highest BCUT2D eigenvalue weighted by molar-refractivity contribution is 5.94. The molecule has 0 spiro atoms. The van der Waals surface area contributed by atoms with E-state index in [4.69, 9.17) is 19.4 Å². The zero-order valence-corrected chi connectivity index (χ0v) is 22.4. The van der Waals surface area contributed by atoms with Gasteiger partial charge in [0, 0.05) is 37.2 Å². The van der Waals surface area contributed by atoms with E-state index in [2.05, 4.69) is 21.1 Å². The smallest absolute Gasteiger partial charge is 0.248 e. The van der Waals surface area contributed by atoms with Gasteiger partial charge in [-0.15, -0.1) is 0 Å². The molecule has 1 aliphatic heterocycles. The Morgan fingerprint density at radius 2 is 1.93 bits per heavy atom. The fourth-order valence-electron chi connectivity index (χ4n) is 5.59. The molecule has 10 heteroatoms. The molecule has 0 radical (unpaired) electrons. The second kappa shape index (κ2) is 8.92. The number of benzene rings is 2. The highest BCUT2D eigenvalue weighted by Gasteiger charge is 2.45. The third-order valence-electron chi connectivity index (χ3n) is 7.47. The molecule has 0 saturated heterocycles. The molecule has 8 nitrogen and oxygen atoms in total. The molecule has 2 aromatic carbocycles. The van der Waals surface area contributed by atoms with Crippen molar-refractivity contribution in [1.82, 2.24) is 29.7 Å². The summed E-state index contributed by atoms with van der Waals surface area (Å²) < 4.78 is 40.8. The van der Waals surface area contributed by atoms with Gasteiger partial charge in [0.05, 0.1) is 52.4 Å². The van der Waals surface area contributed by atoms with Crippen molar-refractivity contribution in [2.45, 2.75) is 51.7 Å². The Balaban J connectivity index is 1.28. The van der Waals surface area contributed by atoms with Crippen molar-refractivity contribution in [2.24, 2.45) is 5.92 Å². The number of hydrogen-bond donors (Lipinski definition) is 1. The summed E-state index contributed by atoms with van der Waals surface area (Å²) >= 11 is 0. The third-order valence-corrected chi connectivity index (χ3v) is 7.47. The lowest BCUT2D eigenvalue weighted by molar-refractivity contribution is -0.114. The van der Waals surface area contributed by atoms with Crippen LogP contribution in [0.2, 0.25) is 0 Å². The minimum Gasteiger partial charge on any atom is -0.457 e. The Morgan fingerprint density at radius 3 is 2.70 bits per heavy atom. The van der Waals surface area contributed by atoms with Crippen molar-refractivity contribution >= 4 is 27.6 Å². The first kappa shape index (κ1) is 24.8. The van der Waals surface area contributed by atoms with Crippen LogP contribution < -0.4 is 4.74 Å². The quantitative estimate of drug-likeness (QED) is 0.257. The molecule has 0 atom stereocenters. The number of aryl methyl sites for hydroxylation is 1. The van der Waals surface area contributed by atoms with Gasteiger partial charge < -0.3 is 14.5 Å². The molecule has 1 saturated carbocycles. The Morgan fingerprint density at radius 1 is 1.10 bits per heavy atom. The molecule has 1 fully saturated rings. The molecule has 1 aliphatic carbocycles. The second-order valence-corrected chi connectivity index (χ2v) is 11.3. The van der Waals surface area contributed by atoms with Gasteiger partial charge in [-0.1, -0.05) is 0 Å². The number of ether oxygens (including phenoxy) is 2. The van der Waals surface area contributed by atoms with Crippen LogP contribution in [0.25, 0.3) is 38.9 Å². The van der Waals surface area contributed by atoms with Crippen molar-refractivity contribution < 1.29 is 18.3 Å². The molecule has 40 heavy (non-hydrogen) atoms. The molecule has 204 valence electrons. The lowest BCUT2D eigenvalue weighted by Crippen LogP contribution is -2.37. The summed E-state index contributed by atoms with van der Waals surface area (Å²) in [6.07, 6.45) is 7.17. The zero-order chi connectivity index (χ0) is 27.6. The molecule has 7 rings (SSSR count). The molecule has 5 aromatic rings. The monoisotopic (exact) mass is 542 g/mol. The standard InChI is InChI=1S/C30H28F2N6O2/c1-17-35-22-5-4-21(8-24(22)36-17)40-26-7-6-23-28(27(26)19-11-29(2,3)39-16-19)37-25(13-33-23)20-12-34-38(15-20)14-18-9-30(31,32)10-18/h4-8,11-13,15,18H,9-10,14,16H2,1-3H3,(H,35,36). The van der Waals surface area contributed by atoms with E-state index in [1.807, 2.05) is 57.3 Å². The molecular weight excluding hydrogens is 514 g/mol. The predicted molar refractivity (Wildman–Crippen MR) is 147 cm³/mol. The van der Waals surface area contributed by atoms with E-state index in [1.165, 1.54) is 0 Å². The zero-order valence-electron chi connectivity index (χ0n) is 22.4. The first-order valence-electron chi connectivity index (χ1n) is 13.3. The number of alkyl halides is 2. The van der Waals surface area contributed by atoms with Gasteiger partial charge in [0.15, 0.2) is 0 Å². The molecule has 0 amide bonds. The molecule has 3 aromatic heterocycles. The first-order chi connectivity index (χ1) is 19.1. The maximum atomic E-state index is 13.3. The van der Waals surface area contributed by atoms with E-state index >= 15 is 0 Å². The summed E-state index contributed by atoms with van der Waals surface area (Å²) in [6.45, 7) is 6.83. The van der Waals surface area contributed by atoms with Crippen LogP contribution in [-0.4, -0.2) is 47.8 Å². The summed E-state index contributed by atoms with van der Waals surface area (Å²) in [4.78, 5) is 17.4. The van der Waals surface area contributed by atoms with Gasteiger partial charge in [0.1, 0.15) is 22.8 Å². The number of imidazole rings is 1. The SMILES string of the molecule is Cc1nc2ccc(Oc3ccc4ncc(-c5cnn(CC6CC(F)(F)C6)c5)nc4c3C3=CC(C)(C)OC3)cc2[nH]1. The number of aromatic amines is 1. The van der Waals surface area contributed by atoms with Gasteiger partial charge in [-0.3, -0.25) is 9.67 Å². The van der Waals surface area contributed by atoms with Gasteiger partial charge >= 0.3 is 0 Å². The number of halogens is 2. The van der Waals surface area contributed by atoms with Crippen molar-refractivity contribution in [3.63, 3.8) is 0 Å². The van der Waals surface area contributed by atoms with E-state index in [9.17, 15) is 8.78 Å². The number of nitrogens with zero attached hydrogens (tertiary/aromatic N) is 5. The summed E-state index contributed by atoms with van der Waals surface area (Å²) in [5, 5.41) is 4.40. The summed E-state index contributed by atoms with van der Waals surface area (Å²) in [7, 11) is 0. The van der Waals surface area contributed by atoms with Crippen LogP contribution in [0.1, 0.15) is 38.1 Å². The molecule has 0 unspecified atom stereocenters. The van der Waals surface area contributed by atoms with Crippen molar-refractivity contribution in [2.75, 3.05) is 6.61 Å². The molecule has 0 bridgehead atoms. The maximum absolute atomic E-state index is 13.3. The molecular formula is C30H28F2N6O2. The van der Waals surface area contributed by atoms with Crippen molar-refractivity contribution in [1.29, 1.82) is 0 Å². The number of rotatable bonds is 6. The van der Waals surface area contributed by atoms with Crippen LogP contribution >= 0.6 is 0 Å². The minimum absolute atomic E-state index is 0.0701. The minimum atomic E-state index is -2.54. The average molecular weight is 543 g/mol. The Bertz CT molecular complexity index is 1800. The Labute approximate surface area is 229 Å². The lowest BCUT2D eigenvalue weighted by atomic mass is 9.81. The fraction of sp³-hybridized carbons (Fsp3) is 0.333. The third kappa shape index (κ3) is 4.62. The normalized spacial score (nSPS) is 18.3. The van der Waals surface area contributed by atoms with E-state index in [-0.39, 0.29) is 18.8 Å². The number of H-pyrrole nitrogens is 1. The molecule has 2 aliphatic rings. The summed E-state index contributed by atoms with van der Waals surface area (Å²) in [5.74, 6) is -0.465. The fourth-order valence-corrected chi connectivity index (χ4v) is 5.59. The Kier molecular flexibility index (Phi) is 5.54. The van der Waals surface area contributed by atoms with Gasteiger partial charge in [-0.2, -0.15) is 5.10 Å². The van der Waals surface area contributed by atoms with Crippen LogP contribution in [0, 0.1) is 12.8 Å². The number of aromatic nitrogens is 6. The van der Waals surface area contributed by atoms with E-state index in [1.54, 1.807) is 17.1 Å². The van der Waals surface area contributed by atoms with Crippen molar-refractivity contribution in [3.8, 4) is 22.8 Å². The molecule has 1 N–H and O–H groups in total. The second-order valence-electron chi connectivity index (χ2n) is 11.3.